The molecule has 1 heterocycles. The summed E-state index contributed by atoms with van der Waals surface area (Å²) in [5.74, 6) is 2.99. The molecule has 0 amide bonds. The number of nitrogens with zero attached hydrogens (tertiary/aromatic N) is 2. The SMILES string of the molecule is C#CCn1/c(=N/S(=O)(=O)c2ccc(OC)cc2)sc2cc(S(C)(=O)=O)ccc21. The molecule has 0 aliphatic rings. The molecule has 2 aromatic carbocycles. The normalized spacial score (nSPS) is 12.8. The van der Waals surface area contributed by atoms with Crippen LogP contribution in [0, 0.1) is 12.3 Å². The van der Waals surface area contributed by atoms with E-state index in [4.69, 9.17) is 11.2 Å². The van der Waals surface area contributed by atoms with E-state index in [1.165, 1.54) is 43.5 Å². The molecule has 0 saturated heterocycles. The van der Waals surface area contributed by atoms with Crippen molar-refractivity contribution in [3.8, 4) is 18.1 Å². The summed E-state index contributed by atoms with van der Waals surface area (Å²) in [4.78, 5) is 0.308. The van der Waals surface area contributed by atoms with E-state index in [0.717, 1.165) is 17.6 Å². The monoisotopic (exact) mass is 436 g/mol. The standard InChI is InChI=1S/C18H16N2O5S3/c1-4-11-20-16-10-9-15(27(3,21)22)12-17(16)26-18(20)19-28(23,24)14-7-5-13(25-2)6-8-14/h1,5-10,12H,11H2,2-3H3/b19-18-. The van der Waals surface area contributed by atoms with E-state index in [2.05, 4.69) is 10.3 Å². The lowest BCUT2D eigenvalue weighted by Gasteiger charge is -2.03. The molecule has 3 rings (SSSR count). The topological polar surface area (TPSA) is 94.8 Å². The van der Waals surface area contributed by atoms with Gasteiger partial charge in [-0.05, 0) is 42.5 Å². The van der Waals surface area contributed by atoms with Crippen molar-refractivity contribution in [3.05, 3.63) is 47.3 Å². The zero-order chi connectivity index (χ0) is 20.5. The van der Waals surface area contributed by atoms with E-state index >= 15 is 0 Å². The first-order chi connectivity index (χ1) is 13.2. The van der Waals surface area contributed by atoms with Crippen LogP contribution in [0.5, 0.6) is 5.75 Å². The molecule has 0 bridgehead atoms. The molecule has 0 N–H and O–H groups in total. The third kappa shape index (κ3) is 3.96. The minimum absolute atomic E-state index is 0.00911. The summed E-state index contributed by atoms with van der Waals surface area (Å²) < 4.78 is 60.1. The van der Waals surface area contributed by atoms with Crippen LogP contribution >= 0.6 is 11.3 Å². The van der Waals surface area contributed by atoms with Crippen molar-refractivity contribution in [2.24, 2.45) is 4.40 Å². The van der Waals surface area contributed by atoms with Gasteiger partial charge in [0.1, 0.15) is 5.75 Å². The number of hydrogen-bond acceptors (Lipinski definition) is 6. The lowest BCUT2D eigenvalue weighted by Crippen LogP contribution is -2.16. The number of thiazole rings is 1. The quantitative estimate of drug-likeness (QED) is 0.571. The molecular formula is C18H16N2O5S3. The maximum atomic E-state index is 12.7. The second-order valence-corrected chi connectivity index (χ2v) is 10.4. The second kappa shape index (κ2) is 7.43. The molecule has 7 nitrogen and oxygen atoms in total. The molecule has 146 valence electrons. The Balaban J connectivity index is 2.22. The first-order valence-corrected chi connectivity index (χ1v) is 12.0. The first kappa shape index (κ1) is 20.1. The predicted octanol–water partition coefficient (Wildman–Crippen LogP) is 2.04. The number of ether oxygens (including phenoxy) is 1. The number of sulfone groups is 1. The van der Waals surface area contributed by atoms with Crippen LogP contribution in [-0.2, 0) is 26.4 Å². The minimum atomic E-state index is -3.99. The Bertz CT molecular complexity index is 1360. The van der Waals surface area contributed by atoms with Gasteiger partial charge in [-0.2, -0.15) is 8.42 Å². The van der Waals surface area contributed by atoms with Crippen LogP contribution < -0.4 is 9.54 Å². The van der Waals surface area contributed by atoms with Gasteiger partial charge in [0.05, 0.1) is 33.7 Å². The van der Waals surface area contributed by atoms with E-state index in [0.29, 0.717) is 16.0 Å². The van der Waals surface area contributed by atoms with Crippen molar-refractivity contribution in [3.63, 3.8) is 0 Å². The number of aromatic nitrogens is 1. The van der Waals surface area contributed by atoms with Gasteiger partial charge in [-0.1, -0.05) is 17.3 Å². The first-order valence-electron chi connectivity index (χ1n) is 7.88. The maximum Gasteiger partial charge on any atom is 0.285 e. The average molecular weight is 437 g/mol. The summed E-state index contributed by atoms with van der Waals surface area (Å²) in [6.07, 6.45) is 6.53. The number of hydrogen-bond donors (Lipinski definition) is 0. The third-order valence-corrected chi connectivity index (χ3v) is 7.44. The van der Waals surface area contributed by atoms with Gasteiger partial charge >= 0.3 is 0 Å². The van der Waals surface area contributed by atoms with E-state index in [1.54, 1.807) is 10.6 Å². The molecule has 0 fully saturated rings. The van der Waals surface area contributed by atoms with Crippen molar-refractivity contribution >= 4 is 41.4 Å². The lowest BCUT2D eigenvalue weighted by atomic mass is 10.3. The molecule has 0 atom stereocenters. The lowest BCUT2D eigenvalue weighted by molar-refractivity contribution is 0.414. The largest absolute Gasteiger partial charge is 0.497 e. The van der Waals surface area contributed by atoms with Crippen LogP contribution in [0.25, 0.3) is 10.2 Å². The Morgan fingerprint density at radius 1 is 1.11 bits per heavy atom. The van der Waals surface area contributed by atoms with Crippen molar-refractivity contribution in [1.29, 1.82) is 0 Å². The van der Waals surface area contributed by atoms with E-state index in [-0.39, 0.29) is 21.1 Å². The van der Waals surface area contributed by atoms with Crippen LogP contribution in [0.1, 0.15) is 0 Å². The van der Waals surface area contributed by atoms with Gasteiger partial charge in [-0.25, -0.2) is 8.42 Å². The van der Waals surface area contributed by atoms with Crippen molar-refractivity contribution in [1.82, 2.24) is 4.57 Å². The third-order valence-electron chi connectivity index (χ3n) is 3.89. The molecular weight excluding hydrogens is 420 g/mol. The van der Waals surface area contributed by atoms with Crippen molar-refractivity contribution in [2.75, 3.05) is 13.4 Å². The van der Waals surface area contributed by atoms with Crippen LogP contribution in [0.2, 0.25) is 0 Å². The van der Waals surface area contributed by atoms with Gasteiger partial charge in [-0.15, -0.1) is 10.8 Å². The van der Waals surface area contributed by atoms with Crippen LogP contribution in [0.3, 0.4) is 0 Å². The van der Waals surface area contributed by atoms with Gasteiger partial charge in [-0.3, -0.25) is 0 Å². The fourth-order valence-electron chi connectivity index (χ4n) is 2.50. The molecule has 0 aliphatic heterocycles. The molecule has 3 aromatic rings. The van der Waals surface area contributed by atoms with Crippen molar-refractivity contribution in [2.45, 2.75) is 16.3 Å². The molecule has 1 aromatic heterocycles. The Morgan fingerprint density at radius 2 is 1.75 bits per heavy atom. The number of sulfonamides is 1. The summed E-state index contributed by atoms with van der Waals surface area (Å²) in [6.45, 7) is 0.0924. The van der Waals surface area contributed by atoms with Crippen LogP contribution in [0.4, 0.5) is 0 Å². The van der Waals surface area contributed by atoms with Gasteiger partial charge in [0.15, 0.2) is 9.84 Å². The molecule has 28 heavy (non-hydrogen) atoms. The van der Waals surface area contributed by atoms with E-state index < -0.39 is 19.9 Å². The number of benzene rings is 2. The summed E-state index contributed by atoms with van der Waals surface area (Å²) in [7, 11) is -5.91. The summed E-state index contributed by atoms with van der Waals surface area (Å²) in [5.41, 5.74) is 0.610. The summed E-state index contributed by atoms with van der Waals surface area (Å²) >= 11 is 1.06. The Kier molecular flexibility index (Phi) is 5.34. The molecule has 0 spiro atoms. The zero-order valence-electron chi connectivity index (χ0n) is 15.0. The van der Waals surface area contributed by atoms with E-state index in [9.17, 15) is 16.8 Å². The maximum absolute atomic E-state index is 12.7. The second-order valence-electron chi connectivity index (χ2n) is 5.82. The average Bonchev–Trinajstić information content (AvgIpc) is 2.97. The molecule has 0 aliphatic carbocycles. The van der Waals surface area contributed by atoms with Gasteiger partial charge < -0.3 is 9.30 Å². The highest BCUT2D eigenvalue weighted by atomic mass is 32.2. The number of terminal acetylenes is 1. The smallest absolute Gasteiger partial charge is 0.285 e. The van der Waals surface area contributed by atoms with Crippen LogP contribution in [0.15, 0.2) is 56.7 Å². The minimum Gasteiger partial charge on any atom is -0.497 e. The summed E-state index contributed by atoms with van der Waals surface area (Å²) in [6, 6.07) is 10.4. The number of fused-ring (bicyclic) bond motifs is 1. The van der Waals surface area contributed by atoms with Gasteiger partial charge in [0.2, 0.25) is 4.80 Å². The van der Waals surface area contributed by atoms with Crippen molar-refractivity contribution < 1.29 is 21.6 Å². The van der Waals surface area contributed by atoms with Gasteiger partial charge in [0.25, 0.3) is 10.0 Å². The highest BCUT2D eigenvalue weighted by Gasteiger charge is 2.16. The highest BCUT2D eigenvalue weighted by Crippen LogP contribution is 2.23. The molecule has 0 unspecified atom stereocenters. The van der Waals surface area contributed by atoms with Crippen LogP contribution in [-0.4, -0.2) is 34.8 Å². The zero-order valence-corrected chi connectivity index (χ0v) is 17.4. The fraction of sp³-hybridized carbons (Fsp3) is 0.167. The van der Waals surface area contributed by atoms with Gasteiger partial charge in [0, 0.05) is 6.26 Å². The molecule has 0 saturated carbocycles. The number of methoxy groups -OCH3 is 1. The highest BCUT2D eigenvalue weighted by molar-refractivity contribution is 7.90. The van der Waals surface area contributed by atoms with E-state index in [1.807, 2.05) is 0 Å². The molecule has 10 heteroatoms. The Morgan fingerprint density at radius 3 is 2.32 bits per heavy atom. The Hall–Kier alpha value is -2.61. The molecule has 0 radical (unpaired) electrons. The Labute approximate surface area is 166 Å². The predicted molar refractivity (Wildman–Crippen MR) is 108 cm³/mol. The summed E-state index contributed by atoms with van der Waals surface area (Å²) in [5, 5.41) is 0. The fourth-order valence-corrected chi connectivity index (χ4v) is 5.49. The number of rotatable bonds is 5.